The molecule has 0 aliphatic carbocycles. The van der Waals surface area contributed by atoms with Crippen LogP contribution in [0.15, 0.2) is 24.3 Å². The first-order valence-electron chi connectivity index (χ1n) is 5.74. The summed E-state index contributed by atoms with van der Waals surface area (Å²) in [5.74, 6) is -1.13. The molecular formula is C12H12N2O4S2. The molecule has 6 nitrogen and oxygen atoms in total. The standard InChI is InChI=1S/C12H12N2O4S2/c13-5-9-3-1-2-4-10(9)7-20(17,18)14-8-19-6-11(14)12(15)16/h1-4,11H,6-8H2,(H,15,16). The third-order valence-electron chi connectivity index (χ3n) is 2.96. The van der Waals surface area contributed by atoms with Crippen molar-refractivity contribution in [2.75, 3.05) is 11.6 Å². The lowest BCUT2D eigenvalue weighted by molar-refractivity contribution is -0.140. The molecule has 0 bridgehead atoms. The second-order valence-electron chi connectivity index (χ2n) is 4.27. The molecule has 1 aromatic carbocycles. The minimum Gasteiger partial charge on any atom is -0.480 e. The molecule has 1 heterocycles. The number of carboxylic acid groups (broad SMARTS) is 1. The Kier molecular flexibility index (Phi) is 4.32. The van der Waals surface area contributed by atoms with Gasteiger partial charge in [0, 0.05) is 5.75 Å². The first-order valence-corrected chi connectivity index (χ1v) is 8.50. The van der Waals surface area contributed by atoms with Crippen molar-refractivity contribution in [2.45, 2.75) is 11.8 Å². The van der Waals surface area contributed by atoms with E-state index in [1.54, 1.807) is 18.2 Å². The van der Waals surface area contributed by atoms with Gasteiger partial charge in [-0.3, -0.25) is 4.79 Å². The zero-order chi connectivity index (χ0) is 14.8. The Labute approximate surface area is 121 Å². The van der Waals surface area contributed by atoms with E-state index in [-0.39, 0.29) is 22.9 Å². The maximum Gasteiger partial charge on any atom is 0.322 e. The van der Waals surface area contributed by atoms with Crippen LogP contribution in [0, 0.1) is 11.3 Å². The molecule has 2 rings (SSSR count). The number of benzene rings is 1. The van der Waals surface area contributed by atoms with Crippen LogP contribution < -0.4 is 0 Å². The molecule has 106 valence electrons. The largest absolute Gasteiger partial charge is 0.480 e. The molecule has 1 fully saturated rings. The lowest BCUT2D eigenvalue weighted by Crippen LogP contribution is -2.42. The van der Waals surface area contributed by atoms with Gasteiger partial charge in [0.15, 0.2) is 0 Å². The molecule has 0 saturated carbocycles. The van der Waals surface area contributed by atoms with Gasteiger partial charge in [-0.1, -0.05) is 18.2 Å². The number of rotatable bonds is 4. The third kappa shape index (κ3) is 2.95. The van der Waals surface area contributed by atoms with Crippen molar-refractivity contribution in [2.24, 2.45) is 0 Å². The van der Waals surface area contributed by atoms with Crippen LogP contribution in [-0.4, -0.2) is 41.5 Å². The van der Waals surface area contributed by atoms with Gasteiger partial charge in [-0.15, -0.1) is 11.8 Å². The number of nitrogens with zero attached hydrogens (tertiary/aromatic N) is 2. The van der Waals surface area contributed by atoms with Crippen molar-refractivity contribution in [3.63, 3.8) is 0 Å². The van der Waals surface area contributed by atoms with Gasteiger partial charge in [0.1, 0.15) is 6.04 Å². The van der Waals surface area contributed by atoms with Gasteiger partial charge in [-0.05, 0) is 11.6 Å². The summed E-state index contributed by atoms with van der Waals surface area (Å²) in [5.41, 5.74) is 0.672. The minimum absolute atomic E-state index is 0.133. The fourth-order valence-corrected chi connectivity index (χ4v) is 5.27. The molecule has 0 spiro atoms. The van der Waals surface area contributed by atoms with Crippen molar-refractivity contribution in [3.05, 3.63) is 35.4 Å². The number of thioether (sulfide) groups is 1. The zero-order valence-corrected chi connectivity index (χ0v) is 12.0. The van der Waals surface area contributed by atoms with Crippen LogP contribution in [0.1, 0.15) is 11.1 Å². The van der Waals surface area contributed by atoms with Gasteiger partial charge >= 0.3 is 5.97 Å². The Morgan fingerprint density at radius 3 is 2.85 bits per heavy atom. The number of hydrogen-bond acceptors (Lipinski definition) is 5. The second-order valence-corrected chi connectivity index (χ2v) is 7.19. The highest BCUT2D eigenvalue weighted by Crippen LogP contribution is 2.26. The summed E-state index contributed by atoms with van der Waals surface area (Å²) in [7, 11) is -3.76. The normalized spacial score (nSPS) is 19.6. The van der Waals surface area contributed by atoms with Crippen LogP contribution in [0.5, 0.6) is 0 Å². The molecule has 1 N–H and O–H groups in total. The van der Waals surface area contributed by atoms with Gasteiger partial charge in [-0.25, -0.2) is 8.42 Å². The van der Waals surface area contributed by atoms with E-state index in [1.165, 1.54) is 17.8 Å². The molecule has 1 aromatic rings. The van der Waals surface area contributed by atoms with Crippen molar-refractivity contribution in [1.29, 1.82) is 5.26 Å². The van der Waals surface area contributed by atoms with Crippen molar-refractivity contribution in [3.8, 4) is 6.07 Å². The smallest absolute Gasteiger partial charge is 0.322 e. The molecule has 8 heteroatoms. The lowest BCUT2D eigenvalue weighted by Gasteiger charge is -2.20. The van der Waals surface area contributed by atoms with E-state index in [4.69, 9.17) is 10.4 Å². The number of sulfonamides is 1. The number of hydrogen-bond donors (Lipinski definition) is 1. The molecular weight excluding hydrogens is 300 g/mol. The molecule has 1 saturated heterocycles. The van der Waals surface area contributed by atoms with Crippen molar-refractivity contribution in [1.82, 2.24) is 4.31 Å². The van der Waals surface area contributed by atoms with Crippen LogP contribution in [0.3, 0.4) is 0 Å². The monoisotopic (exact) mass is 312 g/mol. The molecule has 1 aliphatic rings. The van der Waals surface area contributed by atoms with Crippen LogP contribution >= 0.6 is 11.8 Å². The second kappa shape index (κ2) is 5.83. The third-order valence-corrected chi connectivity index (χ3v) is 5.91. The summed E-state index contributed by atoms with van der Waals surface area (Å²) < 4.78 is 25.6. The van der Waals surface area contributed by atoms with Crippen LogP contribution in [0.2, 0.25) is 0 Å². The summed E-state index contributed by atoms with van der Waals surface area (Å²) in [6.45, 7) is 0. The van der Waals surface area contributed by atoms with E-state index in [0.29, 0.717) is 5.56 Å². The molecule has 1 aliphatic heterocycles. The van der Waals surface area contributed by atoms with E-state index in [9.17, 15) is 13.2 Å². The van der Waals surface area contributed by atoms with Gasteiger partial charge < -0.3 is 5.11 Å². The van der Waals surface area contributed by atoms with Gasteiger partial charge in [0.25, 0.3) is 0 Å². The fraction of sp³-hybridized carbons (Fsp3) is 0.333. The summed E-state index contributed by atoms with van der Waals surface area (Å²) in [6.07, 6.45) is 0. The predicted molar refractivity (Wildman–Crippen MR) is 74.4 cm³/mol. The fourth-order valence-electron chi connectivity index (χ4n) is 1.93. The molecule has 20 heavy (non-hydrogen) atoms. The summed E-state index contributed by atoms with van der Waals surface area (Å²) in [5, 5.41) is 18.0. The first kappa shape index (κ1) is 14.8. The van der Waals surface area contributed by atoms with E-state index >= 15 is 0 Å². The number of nitriles is 1. The molecule has 0 amide bonds. The highest BCUT2D eigenvalue weighted by Gasteiger charge is 2.39. The first-order chi connectivity index (χ1) is 9.45. The van der Waals surface area contributed by atoms with E-state index in [0.717, 1.165) is 4.31 Å². The number of carboxylic acids is 1. The Balaban J connectivity index is 2.28. The Hall–Kier alpha value is -1.56. The quantitative estimate of drug-likeness (QED) is 0.885. The molecule has 0 radical (unpaired) electrons. The maximum atomic E-state index is 12.3. The van der Waals surface area contributed by atoms with Crippen molar-refractivity contribution >= 4 is 27.8 Å². The molecule has 0 aromatic heterocycles. The average Bonchev–Trinajstić information content (AvgIpc) is 2.89. The minimum atomic E-state index is -3.76. The topological polar surface area (TPSA) is 98.5 Å². The maximum absolute atomic E-state index is 12.3. The van der Waals surface area contributed by atoms with E-state index in [2.05, 4.69) is 0 Å². The van der Waals surface area contributed by atoms with Crippen molar-refractivity contribution < 1.29 is 18.3 Å². The molecule has 1 unspecified atom stereocenters. The Morgan fingerprint density at radius 1 is 1.50 bits per heavy atom. The SMILES string of the molecule is N#Cc1ccccc1CS(=O)(=O)N1CSCC1C(=O)O. The van der Waals surface area contributed by atoms with Gasteiger partial charge in [0.05, 0.1) is 23.3 Å². The van der Waals surface area contributed by atoms with Gasteiger partial charge in [0.2, 0.25) is 10.0 Å². The lowest BCUT2D eigenvalue weighted by atomic mass is 10.1. The van der Waals surface area contributed by atoms with E-state index < -0.39 is 22.0 Å². The van der Waals surface area contributed by atoms with Crippen LogP contribution in [-0.2, 0) is 20.6 Å². The highest BCUT2D eigenvalue weighted by molar-refractivity contribution is 8.00. The predicted octanol–water partition coefficient (Wildman–Crippen LogP) is 0.848. The van der Waals surface area contributed by atoms with Gasteiger partial charge in [-0.2, -0.15) is 9.57 Å². The van der Waals surface area contributed by atoms with Crippen LogP contribution in [0.25, 0.3) is 0 Å². The Morgan fingerprint density at radius 2 is 2.20 bits per heavy atom. The summed E-state index contributed by atoms with van der Waals surface area (Å²) in [4.78, 5) is 11.1. The van der Waals surface area contributed by atoms with E-state index in [1.807, 2.05) is 6.07 Å². The molecule has 1 atom stereocenters. The zero-order valence-electron chi connectivity index (χ0n) is 10.4. The summed E-state index contributed by atoms with van der Waals surface area (Å²) in [6, 6.07) is 7.32. The highest BCUT2D eigenvalue weighted by atomic mass is 32.2. The number of carbonyl (C=O) groups is 1. The van der Waals surface area contributed by atoms with Crippen LogP contribution in [0.4, 0.5) is 0 Å². The summed E-state index contributed by atoms with van der Waals surface area (Å²) >= 11 is 1.27. The average molecular weight is 312 g/mol. The number of aliphatic carboxylic acids is 1. The Bertz CT molecular complexity index is 666.